The van der Waals surface area contributed by atoms with Crippen molar-refractivity contribution in [3.63, 3.8) is 0 Å². The summed E-state index contributed by atoms with van der Waals surface area (Å²) < 4.78 is 0. The summed E-state index contributed by atoms with van der Waals surface area (Å²) in [5.41, 5.74) is 7.09. The molecule has 0 fully saturated rings. The standard InChI is InChI=1S/C10H13NO/c1-8(10(11)12)7-9-5-3-2-4-6-9/h2-7,10,12H,11H2,1H3. The van der Waals surface area contributed by atoms with Crippen molar-refractivity contribution < 1.29 is 5.11 Å². The fourth-order valence-corrected chi connectivity index (χ4v) is 0.898. The van der Waals surface area contributed by atoms with Crippen molar-refractivity contribution in [2.75, 3.05) is 0 Å². The lowest BCUT2D eigenvalue weighted by Gasteiger charge is -2.03. The molecule has 0 saturated carbocycles. The molecule has 0 aliphatic carbocycles. The predicted molar refractivity (Wildman–Crippen MR) is 50.3 cm³/mol. The molecule has 1 aromatic carbocycles. The van der Waals surface area contributed by atoms with E-state index in [0.29, 0.717) is 0 Å². The van der Waals surface area contributed by atoms with Gasteiger partial charge in [-0.15, -0.1) is 0 Å². The molecule has 3 N–H and O–H groups in total. The highest BCUT2D eigenvalue weighted by atomic mass is 16.3. The van der Waals surface area contributed by atoms with Crippen molar-refractivity contribution in [3.05, 3.63) is 41.5 Å². The highest BCUT2D eigenvalue weighted by Crippen LogP contribution is 2.06. The number of benzene rings is 1. The lowest BCUT2D eigenvalue weighted by molar-refractivity contribution is 0.220. The first-order valence-corrected chi connectivity index (χ1v) is 3.87. The van der Waals surface area contributed by atoms with Crippen LogP contribution in [0, 0.1) is 0 Å². The Hall–Kier alpha value is -1.12. The van der Waals surface area contributed by atoms with Crippen molar-refractivity contribution in [2.45, 2.75) is 13.2 Å². The van der Waals surface area contributed by atoms with Crippen LogP contribution in [0.4, 0.5) is 0 Å². The van der Waals surface area contributed by atoms with Crippen LogP contribution in [0.1, 0.15) is 12.5 Å². The van der Waals surface area contributed by atoms with E-state index in [4.69, 9.17) is 10.8 Å². The summed E-state index contributed by atoms with van der Waals surface area (Å²) in [6.07, 6.45) is 1.01. The van der Waals surface area contributed by atoms with Crippen LogP contribution in [0.25, 0.3) is 6.08 Å². The monoisotopic (exact) mass is 163 g/mol. The van der Waals surface area contributed by atoms with E-state index in [-0.39, 0.29) is 0 Å². The van der Waals surface area contributed by atoms with Gasteiger partial charge >= 0.3 is 0 Å². The van der Waals surface area contributed by atoms with Crippen LogP contribution in [-0.2, 0) is 0 Å². The quantitative estimate of drug-likeness (QED) is 0.647. The van der Waals surface area contributed by atoms with Crippen molar-refractivity contribution in [1.29, 1.82) is 0 Å². The summed E-state index contributed by atoms with van der Waals surface area (Å²) >= 11 is 0. The lowest BCUT2D eigenvalue weighted by atomic mass is 10.1. The fourth-order valence-electron chi connectivity index (χ4n) is 0.898. The third-order valence-electron chi connectivity index (χ3n) is 1.66. The summed E-state index contributed by atoms with van der Waals surface area (Å²) in [5.74, 6) is 0. The third kappa shape index (κ3) is 2.49. The molecule has 0 amide bonds. The maximum atomic E-state index is 8.99. The number of aliphatic hydroxyl groups excluding tert-OH is 1. The molecule has 0 heterocycles. The van der Waals surface area contributed by atoms with Crippen LogP contribution in [0.5, 0.6) is 0 Å². The molecule has 0 radical (unpaired) electrons. The lowest BCUT2D eigenvalue weighted by Crippen LogP contribution is -2.19. The van der Waals surface area contributed by atoms with Gasteiger partial charge in [0.05, 0.1) is 0 Å². The van der Waals surface area contributed by atoms with Gasteiger partial charge in [0.1, 0.15) is 6.23 Å². The Kier molecular flexibility index (Phi) is 3.02. The van der Waals surface area contributed by atoms with E-state index in [1.165, 1.54) is 0 Å². The Morgan fingerprint density at radius 1 is 1.42 bits per heavy atom. The van der Waals surface area contributed by atoms with Crippen LogP contribution in [0.2, 0.25) is 0 Å². The summed E-state index contributed by atoms with van der Waals surface area (Å²) in [6, 6.07) is 9.77. The summed E-state index contributed by atoms with van der Waals surface area (Å²) in [7, 11) is 0. The van der Waals surface area contributed by atoms with Crippen LogP contribution < -0.4 is 5.73 Å². The maximum Gasteiger partial charge on any atom is 0.124 e. The van der Waals surface area contributed by atoms with Gasteiger partial charge in [-0.1, -0.05) is 36.4 Å². The normalized spacial score (nSPS) is 14.4. The van der Waals surface area contributed by atoms with Gasteiger partial charge in [-0.25, -0.2) is 0 Å². The van der Waals surface area contributed by atoms with E-state index < -0.39 is 6.23 Å². The van der Waals surface area contributed by atoms with E-state index in [9.17, 15) is 0 Å². The minimum Gasteiger partial charge on any atom is -0.375 e. The first-order chi connectivity index (χ1) is 5.70. The van der Waals surface area contributed by atoms with Gasteiger partial charge in [0.2, 0.25) is 0 Å². The third-order valence-corrected chi connectivity index (χ3v) is 1.66. The first kappa shape index (κ1) is 8.97. The Morgan fingerprint density at radius 3 is 2.50 bits per heavy atom. The van der Waals surface area contributed by atoms with Gasteiger partial charge in [-0.3, -0.25) is 0 Å². The van der Waals surface area contributed by atoms with E-state index in [1.807, 2.05) is 36.4 Å². The zero-order valence-electron chi connectivity index (χ0n) is 7.07. The van der Waals surface area contributed by atoms with Crippen molar-refractivity contribution in [3.8, 4) is 0 Å². The van der Waals surface area contributed by atoms with Crippen molar-refractivity contribution in [2.24, 2.45) is 5.73 Å². The summed E-state index contributed by atoms with van der Waals surface area (Å²) in [6.45, 7) is 1.80. The summed E-state index contributed by atoms with van der Waals surface area (Å²) in [5, 5.41) is 8.99. The molecule has 0 aromatic heterocycles. The predicted octanol–water partition coefficient (Wildman–Crippen LogP) is 1.37. The average Bonchev–Trinajstić information content (AvgIpc) is 2.06. The van der Waals surface area contributed by atoms with Gasteiger partial charge in [0.25, 0.3) is 0 Å². The van der Waals surface area contributed by atoms with Gasteiger partial charge in [-0.2, -0.15) is 0 Å². The number of aliphatic hydroxyl groups is 1. The number of rotatable bonds is 2. The number of nitrogens with two attached hydrogens (primary N) is 1. The Bertz CT molecular complexity index is 264. The maximum absolute atomic E-state index is 8.99. The molecule has 0 bridgehead atoms. The van der Waals surface area contributed by atoms with Crippen LogP contribution in [0.15, 0.2) is 35.9 Å². The Balaban J connectivity index is 2.81. The molecule has 2 nitrogen and oxygen atoms in total. The molecule has 64 valence electrons. The van der Waals surface area contributed by atoms with Gasteiger partial charge < -0.3 is 10.8 Å². The van der Waals surface area contributed by atoms with E-state index >= 15 is 0 Å². The molecule has 0 saturated heterocycles. The van der Waals surface area contributed by atoms with Crippen molar-refractivity contribution in [1.82, 2.24) is 0 Å². The van der Waals surface area contributed by atoms with E-state index in [2.05, 4.69) is 0 Å². The minimum absolute atomic E-state index is 0.765. The second-order valence-corrected chi connectivity index (χ2v) is 2.74. The van der Waals surface area contributed by atoms with Gasteiger partial charge in [0.15, 0.2) is 0 Å². The topological polar surface area (TPSA) is 46.2 Å². The highest BCUT2D eigenvalue weighted by molar-refractivity contribution is 5.52. The van der Waals surface area contributed by atoms with E-state index in [1.54, 1.807) is 6.92 Å². The average molecular weight is 163 g/mol. The van der Waals surface area contributed by atoms with Crippen LogP contribution in [-0.4, -0.2) is 11.3 Å². The molecule has 12 heavy (non-hydrogen) atoms. The Morgan fingerprint density at radius 2 is 2.00 bits per heavy atom. The fraction of sp³-hybridized carbons (Fsp3) is 0.200. The molecule has 1 unspecified atom stereocenters. The molecule has 1 aromatic rings. The molecule has 1 rings (SSSR count). The molecule has 0 aliphatic rings. The van der Waals surface area contributed by atoms with Crippen molar-refractivity contribution >= 4 is 6.08 Å². The molecule has 1 atom stereocenters. The van der Waals surface area contributed by atoms with Gasteiger partial charge in [-0.05, 0) is 18.1 Å². The summed E-state index contributed by atoms with van der Waals surface area (Å²) in [4.78, 5) is 0. The Labute approximate surface area is 72.3 Å². The molecular formula is C10H13NO. The first-order valence-electron chi connectivity index (χ1n) is 3.87. The molecule has 0 spiro atoms. The van der Waals surface area contributed by atoms with Crippen LogP contribution in [0.3, 0.4) is 0 Å². The second-order valence-electron chi connectivity index (χ2n) is 2.74. The molecule has 2 heteroatoms. The zero-order chi connectivity index (χ0) is 8.97. The largest absolute Gasteiger partial charge is 0.375 e. The minimum atomic E-state index is -0.856. The number of hydrogen-bond acceptors (Lipinski definition) is 2. The molecule has 0 aliphatic heterocycles. The van der Waals surface area contributed by atoms with Gasteiger partial charge in [0, 0.05) is 0 Å². The van der Waals surface area contributed by atoms with E-state index in [0.717, 1.165) is 11.1 Å². The van der Waals surface area contributed by atoms with Crippen LogP contribution >= 0.6 is 0 Å². The second kappa shape index (κ2) is 4.04. The zero-order valence-corrected chi connectivity index (χ0v) is 7.07. The SMILES string of the molecule is CC(=Cc1ccccc1)C(N)O. The number of hydrogen-bond donors (Lipinski definition) is 2. The highest BCUT2D eigenvalue weighted by Gasteiger charge is 1.96. The molecular weight excluding hydrogens is 150 g/mol. The smallest absolute Gasteiger partial charge is 0.124 e.